The van der Waals surface area contributed by atoms with E-state index in [-0.39, 0.29) is 30.7 Å². The summed E-state index contributed by atoms with van der Waals surface area (Å²) in [5.41, 5.74) is 2.18. The molecule has 1 aromatic rings. The van der Waals surface area contributed by atoms with Crippen LogP contribution in [0.4, 0.5) is 5.82 Å². The molecule has 1 aromatic heterocycles. The Balaban J connectivity index is 0.00000132. The number of piperidine rings is 1. The van der Waals surface area contributed by atoms with Gasteiger partial charge in [-0.1, -0.05) is 0 Å². The number of hydrogen-bond donors (Lipinski definition) is 2. The normalized spacial score (nSPS) is 19.9. The Bertz CT molecular complexity index is 532. The summed E-state index contributed by atoms with van der Waals surface area (Å²) in [4.78, 5) is 23.0. The van der Waals surface area contributed by atoms with Gasteiger partial charge in [-0.05, 0) is 19.4 Å². The van der Waals surface area contributed by atoms with Gasteiger partial charge in [0.1, 0.15) is 11.6 Å². The van der Waals surface area contributed by atoms with Gasteiger partial charge in [0, 0.05) is 45.0 Å². The third-order valence-corrected chi connectivity index (χ3v) is 4.42. The maximum atomic E-state index is 11.6. The number of anilines is 1. The van der Waals surface area contributed by atoms with Crippen molar-refractivity contribution in [1.82, 2.24) is 20.2 Å². The zero-order valence-electron chi connectivity index (χ0n) is 13.6. The molecule has 2 N–H and O–H groups in total. The number of nitrogens with zero attached hydrogens (tertiary/aromatic N) is 3. The van der Waals surface area contributed by atoms with Crippen LogP contribution in [0, 0.1) is 0 Å². The van der Waals surface area contributed by atoms with Crippen LogP contribution in [-0.4, -0.2) is 47.5 Å². The molecule has 0 bridgehead atoms. The lowest BCUT2D eigenvalue weighted by molar-refractivity contribution is -0.129. The Morgan fingerprint density at radius 3 is 2.74 bits per heavy atom. The number of carbonyl (C=O) groups is 1. The van der Waals surface area contributed by atoms with Gasteiger partial charge >= 0.3 is 0 Å². The van der Waals surface area contributed by atoms with E-state index in [0.29, 0.717) is 12.5 Å². The quantitative estimate of drug-likeness (QED) is 0.839. The lowest BCUT2D eigenvalue weighted by Gasteiger charge is -2.30. The molecule has 130 valence electrons. The Morgan fingerprint density at radius 1 is 1.35 bits per heavy atom. The van der Waals surface area contributed by atoms with Crippen LogP contribution >= 0.6 is 24.8 Å². The number of hydrogen-bond acceptors (Lipinski definition) is 5. The van der Waals surface area contributed by atoms with Crippen LogP contribution in [0.3, 0.4) is 0 Å². The molecule has 2 aliphatic rings. The lowest BCUT2D eigenvalue weighted by Crippen LogP contribution is -2.36. The van der Waals surface area contributed by atoms with Crippen LogP contribution in [0.15, 0.2) is 0 Å². The van der Waals surface area contributed by atoms with Crippen LogP contribution in [0.5, 0.6) is 0 Å². The van der Waals surface area contributed by atoms with E-state index in [2.05, 4.69) is 10.6 Å². The zero-order valence-corrected chi connectivity index (χ0v) is 15.2. The summed E-state index contributed by atoms with van der Waals surface area (Å²) in [7, 11) is 1.89. The van der Waals surface area contributed by atoms with E-state index in [1.54, 1.807) is 6.92 Å². The number of nitrogens with one attached hydrogen (secondary N) is 2. The molecule has 23 heavy (non-hydrogen) atoms. The smallest absolute Gasteiger partial charge is 0.219 e. The number of amides is 1. The largest absolute Gasteiger partial charge is 0.373 e. The minimum atomic E-state index is 0. The molecule has 1 unspecified atom stereocenters. The van der Waals surface area contributed by atoms with Crippen LogP contribution in [0.1, 0.15) is 42.8 Å². The highest BCUT2D eigenvalue weighted by Gasteiger charge is 2.26. The van der Waals surface area contributed by atoms with Crippen molar-refractivity contribution in [2.75, 3.05) is 32.0 Å². The minimum absolute atomic E-state index is 0. The molecule has 0 saturated carbocycles. The van der Waals surface area contributed by atoms with Gasteiger partial charge in [0.05, 0.1) is 12.2 Å². The first kappa shape index (κ1) is 19.9. The number of halogens is 2. The summed E-state index contributed by atoms with van der Waals surface area (Å²) in [6, 6.07) is 0. The molecule has 8 heteroatoms. The van der Waals surface area contributed by atoms with Crippen molar-refractivity contribution in [3.8, 4) is 0 Å². The van der Waals surface area contributed by atoms with E-state index in [0.717, 1.165) is 55.4 Å². The lowest BCUT2D eigenvalue weighted by atomic mass is 9.97. The van der Waals surface area contributed by atoms with Crippen LogP contribution in [0.2, 0.25) is 0 Å². The maximum Gasteiger partial charge on any atom is 0.219 e. The van der Waals surface area contributed by atoms with Crippen molar-refractivity contribution in [3.05, 3.63) is 17.1 Å². The van der Waals surface area contributed by atoms with Crippen LogP contribution in [0.25, 0.3) is 0 Å². The zero-order chi connectivity index (χ0) is 14.8. The van der Waals surface area contributed by atoms with Gasteiger partial charge in [-0.3, -0.25) is 4.79 Å². The molecule has 3 rings (SSSR count). The summed E-state index contributed by atoms with van der Waals surface area (Å²) in [6.07, 6.45) is 3.14. The van der Waals surface area contributed by atoms with Gasteiger partial charge < -0.3 is 15.5 Å². The van der Waals surface area contributed by atoms with Crippen molar-refractivity contribution in [2.24, 2.45) is 0 Å². The fourth-order valence-corrected chi connectivity index (χ4v) is 3.16. The summed E-state index contributed by atoms with van der Waals surface area (Å²) in [6.45, 7) is 5.04. The highest BCUT2D eigenvalue weighted by Crippen LogP contribution is 2.28. The molecule has 1 fully saturated rings. The topological polar surface area (TPSA) is 70.2 Å². The van der Waals surface area contributed by atoms with Gasteiger partial charge in [0.15, 0.2) is 0 Å². The van der Waals surface area contributed by atoms with Gasteiger partial charge in [0.25, 0.3) is 0 Å². The van der Waals surface area contributed by atoms with E-state index >= 15 is 0 Å². The molecular formula is C15H25Cl2N5O. The monoisotopic (exact) mass is 361 g/mol. The molecule has 1 saturated heterocycles. The third kappa shape index (κ3) is 4.25. The van der Waals surface area contributed by atoms with E-state index in [1.807, 2.05) is 11.9 Å². The molecule has 2 aliphatic heterocycles. The number of aromatic nitrogens is 2. The SMILES string of the molecule is CNc1nc(C2CCCNC2)nc2c1CN(C(C)=O)CC2.Cl.Cl. The van der Waals surface area contributed by atoms with Crippen molar-refractivity contribution < 1.29 is 4.79 Å². The average molecular weight is 362 g/mol. The standard InChI is InChI=1S/C15H23N5O.2ClH/c1-10(21)20-7-5-13-12(9-20)15(16-2)19-14(18-13)11-4-3-6-17-8-11;;/h11,17H,3-9H2,1-2H3,(H,16,18,19);2*1H. The number of fused-ring (bicyclic) bond motifs is 1. The molecule has 0 radical (unpaired) electrons. The third-order valence-electron chi connectivity index (χ3n) is 4.42. The van der Waals surface area contributed by atoms with Crippen molar-refractivity contribution in [1.29, 1.82) is 0 Å². The van der Waals surface area contributed by atoms with E-state index in [1.165, 1.54) is 6.42 Å². The van der Waals surface area contributed by atoms with Gasteiger partial charge in [-0.15, -0.1) is 24.8 Å². The summed E-state index contributed by atoms with van der Waals surface area (Å²) in [5, 5.41) is 6.60. The average Bonchev–Trinajstić information content (AvgIpc) is 2.54. The van der Waals surface area contributed by atoms with Gasteiger partial charge in [-0.25, -0.2) is 9.97 Å². The fourth-order valence-electron chi connectivity index (χ4n) is 3.16. The summed E-state index contributed by atoms with van der Waals surface area (Å²) >= 11 is 0. The molecule has 0 spiro atoms. The van der Waals surface area contributed by atoms with E-state index in [9.17, 15) is 4.79 Å². The van der Waals surface area contributed by atoms with Gasteiger partial charge in [0.2, 0.25) is 5.91 Å². The summed E-state index contributed by atoms with van der Waals surface area (Å²) in [5.74, 6) is 2.35. The Kier molecular flexibility index (Phi) is 7.51. The van der Waals surface area contributed by atoms with Crippen molar-refractivity contribution in [2.45, 2.75) is 38.6 Å². The second-order valence-corrected chi connectivity index (χ2v) is 5.84. The second-order valence-electron chi connectivity index (χ2n) is 5.84. The number of rotatable bonds is 2. The predicted molar refractivity (Wildman–Crippen MR) is 95.7 cm³/mol. The molecule has 1 atom stereocenters. The first-order chi connectivity index (χ1) is 10.2. The highest BCUT2D eigenvalue weighted by atomic mass is 35.5. The molecular weight excluding hydrogens is 337 g/mol. The molecule has 0 aromatic carbocycles. The first-order valence-corrected chi connectivity index (χ1v) is 7.72. The highest BCUT2D eigenvalue weighted by molar-refractivity contribution is 5.85. The summed E-state index contributed by atoms with van der Waals surface area (Å²) < 4.78 is 0. The first-order valence-electron chi connectivity index (χ1n) is 7.72. The Labute approximate surface area is 149 Å². The fraction of sp³-hybridized carbons (Fsp3) is 0.667. The molecule has 0 aliphatic carbocycles. The van der Waals surface area contributed by atoms with Crippen molar-refractivity contribution in [3.63, 3.8) is 0 Å². The van der Waals surface area contributed by atoms with E-state index < -0.39 is 0 Å². The van der Waals surface area contributed by atoms with E-state index in [4.69, 9.17) is 9.97 Å². The molecule has 3 heterocycles. The Morgan fingerprint density at radius 2 is 2.13 bits per heavy atom. The van der Waals surface area contributed by atoms with Gasteiger partial charge in [-0.2, -0.15) is 0 Å². The van der Waals surface area contributed by atoms with Crippen LogP contribution in [-0.2, 0) is 17.8 Å². The molecule has 1 amide bonds. The minimum Gasteiger partial charge on any atom is -0.373 e. The molecule has 6 nitrogen and oxygen atoms in total. The second kappa shape index (κ2) is 8.66. The number of carbonyl (C=O) groups excluding carboxylic acids is 1. The Hall–Kier alpha value is -1.11. The maximum absolute atomic E-state index is 11.6. The van der Waals surface area contributed by atoms with Crippen molar-refractivity contribution >= 4 is 36.5 Å². The predicted octanol–water partition coefficient (Wildman–Crippen LogP) is 1.73. The van der Waals surface area contributed by atoms with Crippen LogP contribution < -0.4 is 10.6 Å².